The summed E-state index contributed by atoms with van der Waals surface area (Å²) in [6.45, 7) is 6.82. The first-order chi connectivity index (χ1) is 17.0. The van der Waals surface area contributed by atoms with Gasteiger partial charge in [0, 0.05) is 39.8 Å². The van der Waals surface area contributed by atoms with Crippen LogP contribution in [0.25, 0.3) is 17.2 Å². The van der Waals surface area contributed by atoms with Crippen molar-refractivity contribution < 1.29 is 0 Å². The van der Waals surface area contributed by atoms with Gasteiger partial charge in [-0.2, -0.15) is 4.98 Å². The van der Waals surface area contributed by atoms with Gasteiger partial charge in [-0.3, -0.25) is 23.8 Å². The first-order valence-corrected chi connectivity index (χ1v) is 11.9. The molecule has 0 atom stereocenters. The van der Waals surface area contributed by atoms with Crippen molar-refractivity contribution in [1.29, 1.82) is 0 Å². The molecule has 0 aliphatic carbocycles. The van der Waals surface area contributed by atoms with Crippen molar-refractivity contribution in [3.63, 3.8) is 0 Å². The maximum atomic E-state index is 12.8. The summed E-state index contributed by atoms with van der Waals surface area (Å²) >= 11 is 0. The van der Waals surface area contributed by atoms with Crippen LogP contribution in [0.1, 0.15) is 16.7 Å². The van der Waals surface area contributed by atoms with E-state index < -0.39 is 11.2 Å². The van der Waals surface area contributed by atoms with Crippen molar-refractivity contribution in [3.8, 4) is 0 Å². The number of piperazine rings is 1. The van der Waals surface area contributed by atoms with E-state index >= 15 is 0 Å². The lowest BCUT2D eigenvalue weighted by Gasteiger charge is -2.35. The number of aryl methyl sites for hydroxylation is 2. The second kappa shape index (κ2) is 9.76. The number of rotatable bonds is 6. The van der Waals surface area contributed by atoms with E-state index in [9.17, 15) is 9.59 Å². The summed E-state index contributed by atoms with van der Waals surface area (Å²) in [5, 5.41) is 0. The van der Waals surface area contributed by atoms with Gasteiger partial charge in [0.25, 0.3) is 5.56 Å². The molecule has 2 aromatic carbocycles. The van der Waals surface area contributed by atoms with Crippen LogP contribution < -0.4 is 16.1 Å². The Labute approximate surface area is 203 Å². The number of imidazole rings is 1. The predicted molar refractivity (Wildman–Crippen MR) is 140 cm³/mol. The number of aromatic nitrogens is 4. The van der Waals surface area contributed by atoms with Crippen molar-refractivity contribution in [2.75, 3.05) is 37.6 Å². The lowest BCUT2D eigenvalue weighted by Crippen LogP contribution is -2.47. The molecule has 0 unspecified atom stereocenters. The standard InChI is InChI=1S/C27H30N6O2/c1-20-10-12-22(13-11-20)19-33-23-24(30(2)27(35)29-25(23)34)28-26(33)32-17-15-31(16-18-32)14-6-9-21-7-4-3-5-8-21/h3-13H,14-19H2,1-2H3,(H,29,34,35)/b9-6+. The summed E-state index contributed by atoms with van der Waals surface area (Å²) in [7, 11) is 1.64. The SMILES string of the molecule is Cc1ccc(Cn2c(N3CCN(C/C=C/c4ccccc4)CC3)nc3c2c(=O)[nH]c(=O)n3C)cc1. The van der Waals surface area contributed by atoms with Crippen molar-refractivity contribution >= 4 is 23.2 Å². The molecule has 5 rings (SSSR count). The predicted octanol–water partition coefficient (Wildman–Crippen LogP) is 2.62. The average molecular weight is 471 g/mol. The smallest absolute Gasteiger partial charge is 0.329 e. The topological polar surface area (TPSA) is 79.2 Å². The van der Waals surface area contributed by atoms with Crippen LogP contribution in [0.3, 0.4) is 0 Å². The van der Waals surface area contributed by atoms with Gasteiger partial charge in [0.2, 0.25) is 5.95 Å². The first kappa shape index (κ1) is 22.9. The first-order valence-electron chi connectivity index (χ1n) is 11.9. The Morgan fingerprint density at radius 2 is 1.69 bits per heavy atom. The molecule has 8 heteroatoms. The summed E-state index contributed by atoms with van der Waals surface area (Å²) in [6, 6.07) is 18.6. The normalized spacial score (nSPS) is 14.9. The lowest BCUT2D eigenvalue weighted by atomic mass is 10.1. The summed E-state index contributed by atoms with van der Waals surface area (Å²) in [4.78, 5) is 36.9. The second-order valence-electron chi connectivity index (χ2n) is 9.07. The Hall–Kier alpha value is -3.91. The lowest BCUT2D eigenvalue weighted by molar-refractivity contribution is 0.282. The number of nitrogens with one attached hydrogen (secondary N) is 1. The van der Waals surface area contributed by atoms with Crippen molar-refractivity contribution in [2.24, 2.45) is 7.05 Å². The molecule has 0 amide bonds. The third-order valence-electron chi connectivity index (χ3n) is 6.58. The highest BCUT2D eigenvalue weighted by molar-refractivity contribution is 5.74. The van der Waals surface area contributed by atoms with Gasteiger partial charge in [-0.1, -0.05) is 72.3 Å². The zero-order valence-corrected chi connectivity index (χ0v) is 20.1. The summed E-state index contributed by atoms with van der Waals surface area (Å²) in [5.41, 5.74) is 3.44. The molecule has 8 nitrogen and oxygen atoms in total. The highest BCUT2D eigenvalue weighted by Crippen LogP contribution is 2.22. The average Bonchev–Trinajstić information content (AvgIpc) is 3.25. The van der Waals surface area contributed by atoms with Crippen LogP contribution in [0.2, 0.25) is 0 Å². The minimum Gasteiger partial charge on any atom is -0.340 e. The number of hydrogen-bond acceptors (Lipinski definition) is 5. The van der Waals surface area contributed by atoms with Gasteiger partial charge in [-0.15, -0.1) is 0 Å². The Balaban J connectivity index is 1.39. The van der Waals surface area contributed by atoms with Gasteiger partial charge in [-0.25, -0.2) is 4.79 Å². The van der Waals surface area contributed by atoms with Crippen LogP contribution in [0, 0.1) is 6.92 Å². The molecule has 4 aromatic rings. The molecule has 1 aliphatic rings. The largest absolute Gasteiger partial charge is 0.340 e. The summed E-state index contributed by atoms with van der Waals surface area (Å²) in [5.74, 6) is 0.728. The summed E-state index contributed by atoms with van der Waals surface area (Å²) in [6.07, 6.45) is 4.35. The number of aromatic amines is 1. The summed E-state index contributed by atoms with van der Waals surface area (Å²) < 4.78 is 3.36. The van der Waals surface area contributed by atoms with Gasteiger partial charge in [-0.05, 0) is 18.1 Å². The van der Waals surface area contributed by atoms with Gasteiger partial charge in [0.05, 0.1) is 6.54 Å². The molecule has 0 saturated carbocycles. The van der Waals surface area contributed by atoms with Gasteiger partial charge < -0.3 is 4.90 Å². The molecular weight excluding hydrogens is 440 g/mol. The number of H-pyrrole nitrogens is 1. The zero-order valence-electron chi connectivity index (χ0n) is 20.1. The molecule has 1 aliphatic heterocycles. The molecule has 2 aromatic heterocycles. The van der Waals surface area contributed by atoms with E-state index in [1.807, 2.05) is 22.8 Å². The van der Waals surface area contributed by atoms with Crippen LogP contribution in [0.5, 0.6) is 0 Å². The third-order valence-corrected chi connectivity index (χ3v) is 6.58. The Bertz CT molecular complexity index is 1460. The van der Waals surface area contributed by atoms with Crippen molar-refractivity contribution in [1.82, 2.24) is 24.0 Å². The van der Waals surface area contributed by atoms with E-state index in [-0.39, 0.29) is 0 Å². The second-order valence-corrected chi connectivity index (χ2v) is 9.07. The minimum absolute atomic E-state index is 0.404. The van der Waals surface area contributed by atoms with E-state index in [4.69, 9.17) is 4.98 Å². The van der Waals surface area contributed by atoms with Crippen molar-refractivity contribution in [3.05, 3.63) is 98.2 Å². The zero-order chi connectivity index (χ0) is 24.4. The van der Waals surface area contributed by atoms with Crippen molar-refractivity contribution in [2.45, 2.75) is 13.5 Å². The van der Waals surface area contributed by atoms with E-state index in [0.717, 1.165) is 44.2 Å². The Morgan fingerprint density at radius 1 is 0.971 bits per heavy atom. The molecule has 1 N–H and O–H groups in total. The maximum absolute atomic E-state index is 12.8. The number of benzene rings is 2. The van der Waals surface area contributed by atoms with Crippen LogP contribution >= 0.6 is 0 Å². The van der Waals surface area contributed by atoms with Gasteiger partial charge in [0.1, 0.15) is 0 Å². The fourth-order valence-electron chi connectivity index (χ4n) is 4.52. The number of anilines is 1. The number of fused-ring (bicyclic) bond motifs is 1. The van der Waals surface area contributed by atoms with Crippen LogP contribution in [-0.4, -0.2) is 56.7 Å². The van der Waals surface area contributed by atoms with Crippen LogP contribution in [0.4, 0.5) is 5.95 Å². The molecule has 35 heavy (non-hydrogen) atoms. The minimum atomic E-state index is -0.455. The van der Waals surface area contributed by atoms with E-state index in [2.05, 4.69) is 70.3 Å². The monoisotopic (exact) mass is 470 g/mol. The molecular formula is C27H30N6O2. The Kier molecular flexibility index (Phi) is 6.37. The molecule has 0 bridgehead atoms. The molecule has 180 valence electrons. The molecule has 1 saturated heterocycles. The number of hydrogen-bond donors (Lipinski definition) is 1. The van der Waals surface area contributed by atoms with E-state index in [1.165, 1.54) is 15.7 Å². The van der Waals surface area contributed by atoms with Gasteiger partial charge >= 0.3 is 5.69 Å². The molecule has 3 heterocycles. The fourth-order valence-corrected chi connectivity index (χ4v) is 4.52. The van der Waals surface area contributed by atoms with E-state index in [1.54, 1.807) is 7.05 Å². The van der Waals surface area contributed by atoms with Crippen LogP contribution in [0.15, 0.2) is 70.3 Å². The molecule has 1 fully saturated rings. The Morgan fingerprint density at radius 3 is 2.40 bits per heavy atom. The fraction of sp³-hybridized carbons (Fsp3) is 0.296. The van der Waals surface area contributed by atoms with Gasteiger partial charge in [0.15, 0.2) is 11.2 Å². The highest BCUT2D eigenvalue weighted by Gasteiger charge is 2.24. The quantitative estimate of drug-likeness (QED) is 0.469. The van der Waals surface area contributed by atoms with E-state index in [0.29, 0.717) is 17.7 Å². The maximum Gasteiger partial charge on any atom is 0.329 e. The number of nitrogens with zero attached hydrogens (tertiary/aromatic N) is 5. The molecule has 0 spiro atoms. The van der Waals surface area contributed by atoms with Crippen LogP contribution in [-0.2, 0) is 13.6 Å². The molecule has 0 radical (unpaired) electrons. The third kappa shape index (κ3) is 4.83. The highest BCUT2D eigenvalue weighted by atomic mass is 16.2.